The molecule has 13 rings (SSSR count). The summed E-state index contributed by atoms with van der Waals surface area (Å²) < 4.78 is 8.98. The van der Waals surface area contributed by atoms with Crippen LogP contribution in [-0.4, -0.2) is 9.13 Å². The highest BCUT2D eigenvalue weighted by molar-refractivity contribution is 7.26. The molecule has 8 aromatic carbocycles. The lowest BCUT2D eigenvalue weighted by Gasteiger charge is -2.14. The van der Waals surface area contributed by atoms with Gasteiger partial charge in [-0.05, 0) is 90.2 Å². The molecule has 4 aromatic heterocycles. The molecule has 0 spiro atoms. The summed E-state index contributed by atoms with van der Waals surface area (Å²) in [4.78, 5) is 1.51. The van der Waals surface area contributed by atoms with Gasteiger partial charge in [0.2, 0.25) is 0 Å². The minimum atomic E-state index is 1.12. The number of benzene rings is 8. The van der Waals surface area contributed by atoms with Crippen molar-refractivity contribution in [2.45, 2.75) is 12.8 Å². The number of aromatic nitrogens is 2. The van der Waals surface area contributed by atoms with Crippen molar-refractivity contribution in [3.05, 3.63) is 186 Å². The van der Waals surface area contributed by atoms with E-state index in [0.29, 0.717) is 0 Å². The normalized spacial score (nSPS) is 13.0. The molecule has 0 aliphatic heterocycles. The van der Waals surface area contributed by atoms with Crippen LogP contribution in [0.5, 0.6) is 0 Å². The number of para-hydroxylation sites is 3. The van der Waals surface area contributed by atoms with Crippen LogP contribution in [-0.2, 0) is 6.42 Å². The third-order valence-electron chi connectivity index (χ3n) is 12.4. The van der Waals surface area contributed by atoms with E-state index in [1.165, 1.54) is 118 Å². The van der Waals surface area contributed by atoms with E-state index in [0.717, 1.165) is 12.8 Å². The summed E-state index contributed by atoms with van der Waals surface area (Å²) in [5, 5.41) is 9.05. The Morgan fingerprint density at radius 3 is 1.91 bits per heavy atom. The molecule has 0 unspecified atom stereocenters. The predicted octanol–water partition coefficient (Wildman–Crippen LogP) is 15.8. The maximum Gasteiger partial charge on any atom is 0.0547 e. The molecule has 58 heavy (non-hydrogen) atoms. The molecule has 0 saturated heterocycles. The fourth-order valence-corrected chi connectivity index (χ4v) is 12.3. The molecule has 0 bridgehead atoms. The minimum absolute atomic E-state index is 1.12. The molecule has 4 heteroatoms. The molecule has 0 N–H and O–H groups in total. The number of allylic oxidation sites excluding steroid dienone is 1. The van der Waals surface area contributed by atoms with E-state index in [9.17, 15) is 0 Å². The van der Waals surface area contributed by atoms with E-state index in [1.54, 1.807) is 0 Å². The Morgan fingerprint density at radius 2 is 1.05 bits per heavy atom. The first-order chi connectivity index (χ1) is 28.8. The van der Waals surface area contributed by atoms with Crippen LogP contribution in [0.25, 0.3) is 114 Å². The van der Waals surface area contributed by atoms with Gasteiger partial charge in [-0.1, -0.05) is 121 Å². The molecule has 1 aliphatic rings. The molecule has 4 heterocycles. The standard InChI is InChI=1S/C54H34N2S2/c1-2-13-35(14-3-1)55-48-22-9-5-16-38(48)44-29-33(26-28-49(44)55)34-25-27-39-37-15-4-8-21-47(37)56(50(39)30-34)36-31-45-41-18-7-11-24-52(41)58-54(45)46(32-36)43-20-12-19-42-40-17-6-10-23-51(40)57-53(42)43/h1-9,11-22,24-32H,10,23H2. The molecular weight excluding hydrogens is 741 g/mol. The fraction of sp³-hybridized carbons (Fsp3) is 0.0370. The van der Waals surface area contributed by atoms with Gasteiger partial charge in [-0.15, -0.1) is 22.7 Å². The highest BCUT2D eigenvalue weighted by Crippen LogP contribution is 2.48. The van der Waals surface area contributed by atoms with Crippen LogP contribution in [0.15, 0.2) is 176 Å². The summed E-state index contributed by atoms with van der Waals surface area (Å²) in [6.45, 7) is 0. The topological polar surface area (TPSA) is 9.86 Å². The van der Waals surface area contributed by atoms with Crippen LogP contribution in [0.3, 0.4) is 0 Å². The van der Waals surface area contributed by atoms with Gasteiger partial charge in [0.25, 0.3) is 0 Å². The lowest BCUT2D eigenvalue weighted by Crippen LogP contribution is -1.95. The van der Waals surface area contributed by atoms with Crippen molar-refractivity contribution in [3.8, 4) is 33.6 Å². The molecule has 1 aliphatic carbocycles. The zero-order valence-electron chi connectivity index (χ0n) is 31.4. The van der Waals surface area contributed by atoms with Gasteiger partial charge in [-0.2, -0.15) is 0 Å². The largest absolute Gasteiger partial charge is 0.309 e. The third-order valence-corrected chi connectivity index (χ3v) is 14.9. The average molecular weight is 775 g/mol. The molecular formula is C54H34N2S2. The molecule has 12 aromatic rings. The zero-order valence-corrected chi connectivity index (χ0v) is 33.1. The maximum atomic E-state index is 2.52. The van der Waals surface area contributed by atoms with Crippen LogP contribution in [0.1, 0.15) is 16.9 Å². The van der Waals surface area contributed by atoms with Gasteiger partial charge in [0, 0.05) is 79.2 Å². The Hall–Kier alpha value is -6.72. The van der Waals surface area contributed by atoms with Crippen molar-refractivity contribution in [3.63, 3.8) is 0 Å². The molecule has 0 atom stereocenters. The van der Waals surface area contributed by atoms with E-state index >= 15 is 0 Å². The number of rotatable bonds is 4. The van der Waals surface area contributed by atoms with Crippen LogP contribution in [0.2, 0.25) is 0 Å². The van der Waals surface area contributed by atoms with Crippen molar-refractivity contribution in [2.75, 3.05) is 0 Å². The number of aryl methyl sites for hydroxylation is 1. The quantitative estimate of drug-likeness (QED) is 0.169. The van der Waals surface area contributed by atoms with Gasteiger partial charge in [-0.3, -0.25) is 0 Å². The summed E-state index contributed by atoms with van der Waals surface area (Å²) in [7, 11) is 0. The average Bonchev–Trinajstić information content (AvgIpc) is 4.04. The number of thiophene rings is 2. The van der Waals surface area contributed by atoms with Gasteiger partial charge in [0.1, 0.15) is 0 Å². The van der Waals surface area contributed by atoms with Crippen LogP contribution in [0.4, 0.5) is 0 Å². The van der Waals surface area contributed by atoms with Crippen molar-refractivity contribution >= 4 is 103 Å². The summed E-state index contributed by atoms with van der Waals surface area (Å²) in [5.41, 5.74) is 13.7. The number of nitrogens with zero attached hydrogens (tertiary/aromatic N) is 2. The van der Waals surface area contributed by atoms with Crippen molar-refractivity contribution < 1.29 is 0 Å². The molecule has 0 fully saturated rings. The first-order valence-corrected chi connectivity index (χ1v) is 21.7. The Kier molecular flexibility index (Phi) is 6.91. The van der Waals surface area contributed by atoms with Crippen molar-refractivity contribution in [1.29, 1.82) is 0 Å². The first-order valence-electron chi connectivity index (χ1n) is 20.1. The van der Waals surface area contributed by atoms with Crippen molar-refractivity contribution in [2.24, 2.45) is 0 Å². The van der Waals surface area contributed by atoms with Gasteiger partial charge >= 0.3 is 0 Å². The summed E-state index contributed by atoms with van der Waals surface area (Å²) >= 11 is 3.91. The van der Waals surface area contributed by atoms with E-state index in [1.807, 2.05) is 22.7 Å². The van der Waals surface area contributed by atoms with E-state index < -0.39 is 0 Å². The van der Waals surface area contributed by atoms with Gasteiger partial charge in [0.15, 0.2) is 0 Å². The predicted molar refractivity (Wildman–Crippen MR) is 252 cm³/mol. The second-order valence-electron chi connectivity index (χ2n) is 15.5. The SMILES string of the molecule is C1=Cc2c(sc3c(-c4cc(-n5c6ccccc6c6ccc(-c7ccc8c(c7)c7ccccc7n8-c7ccccc7)cc65)cc5c4sc4ccccc45)cccc23)CC1. The fourth-order valence-electron chi connectivity index (χ4n) is 9.76. The first kappa shape index (κ1) is 32.4. The number of hydrogen-bond donors (Lipinski definition) is 0. The van der Waals surface area contributed by atoms with E-state index in [-0.39, 0.29) is 0 Å². The van der Waals surface area contributed by atoms with Crippen LogP contribution < -0.4 is 0 Å². The lowest BCUT2D eigenvalue weighted by molar-refractivity contribution is 1.02. The molecule has 0 saturated carbocycles. The van der Waals surface area contributed by atoms with E-state index in [2.05, 4.69) is 191 Å². The summed E-state index contributed by atoms with van der Waals surface area (Å²) in [6, 6.07) is 63.3. The highest BCUT2D eigenvalue weighted by atomic mass is 32.1. The Bertz CT molecular complexity index is 3680. The second kappa shape index (κ2) is 12.4. The Labute approximate surface area is 342 Å². The smallest absolute Gasteiger partial charge is 0.0547 e. The van der Waals surface area contributed by atoms with E-state index in [4.69, 9.17) is 0 Å². The minimum Gasteiger partial charge on any atom is -0.309 e. The monoisotopic (exact) mass is 774 g/mol. The summed E-state index contributed by atoms with van der Waals surface area (Å²) in [5.74, 6) is 0. The molecule has 2 nitrogen and oxygen atoms in total. The van der Waals surface area contributed by atoms with Crippen LogP contribution >= 0.6 is 22.7 Å². The Morgan fingerprint density at radius 1 is 0.397 bits per heavy atom. The second-order valence-corrected chi connectivity index (χ2v) is 17.7. The van der Waals surface area contributed by atoms with Gasteiger partial charge in [0.05, 0.1) is 22.1 Å². The number of hydrogen-bond acceptors (Lipinski definition) is 2. The molecule has 0 amide bonds. The Balaban J connectivity index is 1.07. The van der Waals surface area contributed by atoms with Crippen molar-refractivity contribution in [1.82, 2.24) is 9.13 Å². The highest BCUT2D eigenvalue weighted by Gasteiger charge is 2.22. The summed E-state index contributed by atoms with van der Waals surface area (Å²) in [6.07, 6.45) is 6.92. The number of fused-ring (bicyclic) bond motifs is 12. The molecule has 272 valence electrons. The lowest BCUT2D eigenvalue weighted by atomic mass is 9.97. The van der Waals surface area contributed by atoms with Gasteiger partial charge < -0.3 is 9.13 Å². The third kappa shape index (κ3) is 4.64. The zero-order chi connectivity index (χ0) is 37.9. The maximum absolute atomic E-state index is 2.52. The molecule has 0 radical (unpaired) electrons. The van der Waals surface area contributed by atoms with Crippen LogP contribution in [0, 0.1) is 0 Å². The van der Waals surface area contributed by atoms with Gasteiger partial charge in [-0.25, -0.2) is 0 Å².